The van der Waals surface area contributed by atoms with Gasteiger partial charge >= 0.3 is 6.18 Å². The molecule has 0 heterocycles. The van der Waals surface area contributed by atoms with Crippen LogP contribution in [0.4, 0.5) is 13.2 Å². The molecule has 0 aromatic heterocycles. The van der Waals surface area contributed by atoms with Crippen molar-refractivity contribution < 1.29 is 26.4 Å². The number of rotatable bonds is 9. The van der Waals surface area contributed by atoms with Crippen LogP contribution < -0.4 is 10.0 Å². The predicted octanol–water partition coefficient (Wildman–Crippen LogP) is 2.08. The van der Waals surface area contributed by atoms with Crippen molar-refractivity contribution in [2.45, 2.75) is 37.4 Å². The number of benzene rings is 1. The van der Waals surface area contributed by atoms with Gasteiger partial charge in [-0.25, -0.2) is 13.1 Å². The zero-order valence-electron chi connectivity index (χ0n) is 15.8. The Kier molecular flexibility index (Phi) is 8.24. The Labute approximate surface area is 158 Å². The molecule has 1 aromatic rings. The number of hydrogen-bond acceptors (Lipinski definition) is 4. The third kappa shape index (κ3) is 8.27. The van der Waals surface area contributed by atoms with Crippen molar-refractivity contribution in [3.05, 3.63) is 29.8 Å². The molecule has 0 spiro atoms. The third-order valence-electron chi connectivity index (χ3n) is 3.60. The van der Waals surface area contributed by atoms with Crippen LogP contribution in [-0.4, -0.2) is 52.5 Å². The predicted molar refractivity (Wildman–Crippen MR) is 96.6 cm³/mol. The van der Waals surface area contributed by atoms with E-state index < -0.39 is 39.1 Å². The van der Waals surface area contributed by atoms with Gasteiger partial charge in [0.05, 0.1) is 17.0 Å². The number of hydrogen-bond donors (Lipinski definition) is 2. The minimum absolute atomic E-state index is 0.162. The molecule has 0 bridgehead atoms. The zero-order valence-corrected chi connectivity index (χ0v) is 16.6. The highest BCUT2D eigenvalue weighted by molar-refractivity contribution is 7.89. The van der Waals surface area contributed by atoms with Gasteiger partial charge in [0, 0.05) is 12.6 Å². The fraction of sp³-hybridized carbons (Fsp3) is 0.588. The van der Waals surface area contributed by atoms with Gasteiger partial charge in [-0.2, -0.15) is 13.2 Å². The minimum atomic E-state index is -4.65. The summed E-state index contributed by atoms with van der Waals surface area (Å²) in [5.41, 5.74) is -1.07. The summed E-state index contributed by atoms with van der Waals surface area (Å²) in [6, 6.07) is 3.21. The summed E-state index contributed by atoms with van der Waals surface area (Å²) < 4.78 is 64.6. The smallest absolute Gasteiger partial charge is 0.351 e. The molecule has 0 aliphatic carbocycles. The number of nitrogens with one attached hydrogen (secondary N) is 2. The molecule has 0 fully saturated rings. The molecule has 0 saturated carbocycles. The molecule has 154 valence electrons. The Bertz CT molecular complexity index is 724. The molecule has 0 aliphatic heterocycles. The average molecular weight is 409 g/mol. The second-order valence-electron chi connectivity index (χ2n) is 7.01. The van der Waals surface area contributed by atoms with E-state index in [0.29, 0.717) is 24.9 Å². The van der Waals surface area contributed by atoms with Gasteiger partial charge in [-0.05, 0) is 44.6 Å². The first kappa shape index (κ1) is 23.4. The number of nitrogens with zero attached hydrogens (tertiary/aromatic N) is 1. The summed E-state index contributed by atoms with van der Waals surface area (Å²) in [5.74, 6) is -0.213. The van der Waals surface area contributed by atoms with Gasteiger partial charge in [0.25, 0.3) is 0 Å². The van der Waals surface area contributed by atoms with Crippen LogP contribution in [0.3, 0.4) is 0 Å². The van der Waals surface area contributed by atoms with E-state index in [1.807, 2.05) is 37.6 Å². The maximum atomic E-state index is 12.7. The van der Waals surface area contributed by atoms with Crippen LogP contribution in [0.15, 0.2) is 29.2 Å². The molecule has 1 amide bonds. The van der Waals surface area contributed by atoms with Crippen molar-refractivity contribution in [1.29, 1.82) is 0 Å². The lowest BCUT2D eigenvalue weighted by molar-refractivity contribution is -0.137. The molecule has 2 N–H and O–H groups in total. The number of alkyl halides is 3. The molecule has 27 heavy (non-hydrogen) atoms. The molecular weight excluding hydrogens is 383 g/mol. The van der Waals surface area contributed by atoms with E-state index in [1.165, 1.54) is 0 Å². The van der Waals surface area contributed by atoms with E-state index in [2.05, 4.69) is 5.32 Å². The van der Waals surface area contributed by atoms with Crippen molar-refractivity contribution >= 4 is 15.9 Å². The molecule has 6 nitrogen and oxygen atoms in total. The van der Waals surface area contributed by atoms with Crippen LogP contribution in [0.2, 0.25) is 0 Å². The number of halogens is 3. The molecular formula is C17H26F3N3O3S. The Morgan fingerprint density at radius 3 is 2.37 bits per heavy atom. The van der Waals surface area contributed by atoms with Crippen LogP contribution in [0, 0.1) is 5.92 Å². The Hall–Kier alpha value is -1.65. The number of sulfonamides is 1. The normalized spacial score (nSPS) is 13.8. The monoisotopic (exact) mass is 409 g/mol. The highest BCUT2D eigenvalue weighted by Gasteiger charge is 2.31. The van der Waals surface area contributed by atoms with Gasteiger partial charge in [-0.3, -0.25) is 4.79 Å². The second-order valence-corrected chi connectivity index (χ2v) is 8.77. The zero-order chi connectivity index (χ0) is 20.8. The number of amides is 1. The van der Waals surface area contributed by atoms with Crippen molar-refractivity contribution in [1.82, 2.24) is 14.9 Å². The van der Waals surface area contributed by atoms with E-state index in [0.717, 1.165) is 18.2 Å². The fourth-order valence-corrected chi connectivity index (χ4v) is 3.58. The van der Waals surface area contributed by atoms with Crippen molar-refractivity contribution in [2.24, 2.45) is 5.92 Å². The van der Waals surface area contributed by atoms with Crippen LogP contribution in [-0.2, 0) is 21.0 Å². The molecule has 1 rings (SSSR count). The summed E-state index contributed by atoms with van der Waals surface area (Å²) in [4.78, 5) is 13.4. The Morgan fingerprint density at radius 2 is 1.85 bits per heavy atom. The standard InChI is InChI=1S/C17H26F3N3O3S/c1-12(2)8-14(11-23(3)4)22-16(24)10-21-27(25,26)15-7-5-6-13(9-15)17(18,19)20/h5-7,9,12,14,21H,8,10-11H2,1-4H3,(H,22,24). The minimum Gasteiger partial charge on any atom is -0.351 e. The van der Waals surface area contributed by atoms with Gasteiger partial charge in [-0.1, -0.05) is 19.9 Å². The van der Waals surface area contributed by atoms with Gasteiger partial charge < -0.3 is 10.2 Å². The number of carbonyl (C=O) groups is 1. The van der Waals surface area contributed by atoms with Gasteiger partial charge in [0.15, 0.2) is 0 Å². The van der Waals surface area contributed by atoms with E-state index in [4.69, 9.17) is 0 Å². The molecule has 10 heteroatoms. The van der Waals surface area contributed by atoms with E-state index in [1.54, 1.807) is 0 Å². The largest absolute Gasteiger partial charge is 0.416 e. The first-order chi connectivity index (χ1) is 12.3. The quantitative estimate of drug-likeness (QED) is 0.655. The molecule has 1 unspecified atom stereocenters. The Balaban J connectivity index is 2.76. The number of likely N-dealkylation sites (N-methyl/N-ethyl adjacent to an activating group) is 1. The average Bonchev–Trinajstić information content (AvgIpc) is 2.51. The van der Waals surface area contributed by atoms with Gasteiger partial charge in [0.2, 0.25) is 15.9 Å². The molecule has 1 aromatic carbocycles. The van der Waals surface area contributed by atoms with Crippen LogP contribution in [0.1, 0.15) is 25.8 Å². The summed E-state index contributed by atoms with van der Waals surface area (Å²) in [7, 11) is -0.527. The molecule has 0 radical (unpaired) electrons. The lowest BCUT2D eigenvalue weighted by Crippen LogP contribution is -2.46. The Morgan fingerprint density at radius 1 is 1.22 bits per heavy atom. The van der Waals surface area contributed by atoms with Gasteiger partial charge in [0.1, 0.15) is 0 Å². The summed E-state index contributed by atoms with van der Waals surface area (Å²) in [6.07, 6.45) is -3.94. The number of carbonyl (C=O) groups excluding carboxylic acids is 1. The highest BCUT2D eigenvalue weighted by Crippen LogP contribution is 2.30. The van der Waals surface area contributed by atoms with Crippen LogP contribution in [0.25, 0.3) is 0 Å². The SMILES string of the molecule is CC(C)CC(CN(C)C)NC(=O)CNS(=O)(=O)c1cccc(C(F)(F)F)c1. The second kappa shape index (κ2) is 9.52. The lowest BCUT2D eigenvalue weighted by atomic mass is 10.0. The first-order valence-electron chi connectivity index (χ1n) is 8.42. The molecule has 1 atom stereocenters. The van der Waals surface area contributed by atoms with Crippen molar-refractivity contribution in [3.63, 3.8) is 0 Å². The molecule has 0 saturated heterocycles. The van der Waals surface area contributed by atoms with Crippen LogP contribution in [0.5, 0.6) is 0 Å². The highest BCUT2D eigenvalue weighted by atomic mass is 32.2. The van der Waals surface area contributed by atoms with E-state index in [9.17, 15) is 26.4 Å². The van der Waals surface area contributed by atoms with Gasteiger partial charge in [-0.15, -0.1) is 0 Å². The topological polar surface area (TPSA) is 78.5 Å². The maximum Gasteiger partial charge on any atom is 0.416 e. The fourth-order valence-electron chi connectivity index (χ4n) is 2.55. The van der Waals surface area contributed by atoms with Crippen molar-refractivity contribution in [3.8, 4) is 0 Å². The molecule has 0 aliphatic rings. The lowest BCUT2D eigenvalue weighted by Gasteiger charge is -2.24. The van der Waals surface area contributed by atoms with Crippen molar-refractivity contribution in [2.75, 3.05) is 27.2 Å². The first-order valence-corrected chi connectivity index (χ1v) is 9.90. The maximum absolute atomic E-state index is 12.7. The van der Waals surface area contributed by atoms with E-state index >= 15 is 0 Å². The summed E-state index contributed by atoms with van der Waals surface area (Å²) >= 11 is 0. The summed E-state index contributed by atoms with van der Waals surface area (Å²) in [6.45, 7) is 4.04. The third-order valence-corrected chi connectivity index (χ3v) is 5.00. The van der Waals surface area contributed by atoms with E-state index in [-0.39, 0.29) is 6.04 Å². The van der Waals surface area contributed by atoms with Crippen LogP contribution >= 0.6 is 0 Å². The summed E-state index contributed by atoms with van der Waals surface area (Å²) in [5, 5.41) is 2.75.